The summed E-state index contributed by atoms with van der Waals surface area (Å²) in [5.74, 6) is -1.34. The van der Waals surface area contributed by atoms with Gasteiger partial charge in [0.1, 0.15) is 4.88 Å². The van der Waals surface area contributed by atoms with Crippen molar-refractivity contribution in [3.05, 3.63) is 16.1 Å². The lowest BCUT2D eigenvalue weighted by atomic mass is 9.78. The molecule has 2 aliphatic heterocycles. The minimum atomic E-state index is -1.34. The van der Waals surface area contributed by atoms with Crippen LogP contribution in [0.4, 0.5) is 0 Å². The average molecular weight is 396 g/mol. The molecule has 0 radical (unpaired) electrons. The molecule has 0 unspecified atom stereocenters. The lowest BCUT2D eigenvalue weighted by Crippen LogP contribution is -2.53. The van der Waals surface area contributed by atoms with Gasteiger partial charge >= 0.3 is 11.9 Å². The predicted molar refractivity (Wildman–Crippen MR) is 96.6 cm³/mol. The largest absolute Gasteiger partial charge is 0.480 e. The molecule has 27 heavy (non-hydrogen) atoms. The van der Waals surface area contributed by atoms with Crippen LogP contribution in [-0.2, 0) is 25.5 Å². The number of amides is 1. The van der Waals surface area contributed by atoms with E-state index in [1.807, 2.05) is 0 Å². The maximum atomic E-state index is 12.9. The predicted octanol–water partition coefficient (Wildman–Crippen LogP) is 1.59. The number of aromatic nitrogens is 1. The standard InChI is InChI=1S/C18H24N2O6S/c1-25-15(21)13-11-19-14(27-13)10-12-2-6-20(7-3-12)16(22)18(17(23)24)4-8-26-9-5-18/h11-12H,2-10H2,1H3,(H,23,24). The first kappa shape index (κ1) is 19.8. The van der Waals surface area contributed by atoms with Crippen LogP contribution in [0.5, 0.6) is 0 Å². The normalized spacial score (nSPS) is 20.3. The number of likely N-dealkylation sites (tertiary alicyclic amines) is 1. The second-order valence-corrected chi connectivity index (χ2v) is 8.16. The molecule has 1 N–H and O–H groups in total. The summed E-state index contributed by atoms with van der Waals surface area (Å²) in [6.07, 6.45) is 4.34. The van der Waals surface area contributed by atoms with E-state index in [-0.39, 0.29) is 24.7 Å². The number of piperidine rings is 1. The molecule has 1 amide bonds. The van der Waals surface area contributed by atoms with Crippen LogP contribution in [0.25, 0.3) is 0 Å². The first-order valence-corrected chi connectivity index (χ1v) is 9.91. The Labute approximate surface area is 161 Å². The van der Waals surface area contributed by atoms with Crippen molar-refractivity contribution in [3.8, 4) is 0 Å². The Morgan fingerprint density at radius 2 is 2.00 bits per heavy atom. The molecule has 1 aromatic rings. The number of nitrogens with zero attached hydrogens (tertiary/aromatic N) is 2. The third-order valence-corrected chi connectivity index (χ3v) is 6.47. The molecular formula is C18H24N2O6S. The molecule has 0 spiro atoms. The molecule has 9 heteroatoms. The fourth-order valence-electron chi connectivity index (χ4n) is 3.73. The van der Waals surface area contributed by atoms with Crippen molar-refractivity contribution < 1.29 is 29.0 Å². The van der Waals surface area contributed by atoms with Crippen LogP contribution >= 0.6 is 11.3 Å². The third kappa shape index (κ3) is 4.14. The van der Waals surface area contributed by atoms with E-state index in [1.165, 1.54) is 24.6 Å². The summed E-state index contributed by atoms with van der Waals surface area (Å²) in [4.78, 5) is 42.7. The van der Waals surface area contributed by atoms with Crippen molar-refractivity contribution >= 4 is 29.2 Å². The fourth-order valence-corrected chi connectivity index (χ4v) is 4.68. The highest BCUT2D eigenvalue weighted by atomic mass is 32.1. The molecule has 3 rings (SSSR count). The molecule has 0 bridgehead atoms. The minimum Gasteiger partial charge on any atom is -0.480 e. The smallest absolute Gasteiger partial charge is 0.349 e. The van der Waals surface area contributed by atoms with Gasteiger partial charge in [0.2, 0.25) is 5.91 Å². The molecule has 2 fully saturated rings. The summed E-state index contributed by atoms with van der Waals surface area (Å²) in [5.41, 5.74) is -1.34. The van der Waals surface area contributed by atoms with Crippen molar-refractivity contribution in [3.63, 3.8) is 0 Å². The Morgan fingerprint density at radius 1 is 1.33 bits per heavy atom. The van der Waals surface area contributed by atoms with Crippen LogP contribution in [0, 0.1) is 11.3 Å². The van der Waals surface area contributed by atoms with Gasteiger partial charge in [-0.2, -0.15) is 0 Å². The number of hydrogen-bond acceptors (Lipinski definition) is 7. The van der Waals surface area contributed by atoms with E-state index in [9.17, 15) is 19.5 Å². The van der Waals surface area contributed by atoms with Crippen molar-refractivity contribution in [2.45, 2.75) is 32.1 Å². The van der Waals surface area contributed by atoms with Gasteiger partial charge in [0.15, 0.2) is 5.41 Å². The topological polar surface area (TPSA) is 106 Å². The molecule has 0 aliphatic carbocycles. The van der Waals surface area contributed by atoms with E-state index in [4.69, 9.17) is 9.47 Å². The van der Waals surface area contributed by atoms with E-state index in [2.05, 4.69) is 4.98 Å². The highest BCUT2D eigenvalue weighted by Gasteiger charge is 2.49. The quantitative estimate of drug-likeness (QED) is 0.595. The number of carbonyl (C=O) groups excluding carboxylic acids is 2. The second kappa shape index (κ2) is 8.35. The molecule has 0 aromatic carbocycles. The summed E-state index contributed by atoms with van der Waals surface area (Å²) >= 11 is 1.33. The van der Waals surface area contributed by atoms with Crippen LogP contribution in [0.3, 0.4) is 0 Å². The number of thiazole rings is 1. The molecular weight excluding hydrogens is 372 g/mol. The molecule has 3 heterocycles. The number of aliphatic carboxylic acids is 1. The Kier molecular flexibility index (Phi) is 6.11. The van der Waals surface area contributed by atoms with E-state index >= 15 is 0 Å². The molecule has 1 aromatic heterocycles. The van der Waals surface area contributed by atoms with E-state index in [1.54, 1.807) is 4.90 Å². The number of methoxy groups -OCH3 is 1. The zero-order chi connectivity index (χ0) is 19.4. The Bertz CT molecular complexity index is 704. The highest BCUT2D eigenvalue weighted by Crippen LogP contribution is 2.35. The summed E-state index contributed by atoms with van der Waals surface area (Å²) < 4.78 is 9.95. The van der Waals surface area contributed by atoms with Gasteiger partial charge in [-0.1, -0.05) is 0 Å². The zero-order valence-electron chi connectivity index (χ0n) is 15.3. The van der Waals surface area contributed by atoms with Crippen molar-refractivity contribution in [1.29, 1.82) is 0 Å². The minimum absolute atomic E-state index is 0.233. The summed E-state index contributed by atoms with van der Waals surface area (Å²) in [7, 11) is 1.34. The van der Waals surface area contributed by atoms with Crippen molar-refractivity contribution in [2.24, 2.45) is 11.3 Å². The maximum absolute atomic E-state index is 12.9. The van der Waals surface area contributed by atoms with Gasteiger partial charge in [0.25, 0.3) is 0 Å². The Hall–Kier alpha value is -2.00. The van der Waals surface area contributed by atoms with Gasteiger partial charge in [-0.05, 0) is 31.6 Å². The van der Waals surface area contributed by atoms with E-state index < -0.39 is 11.4 Å². The number of carbonyl (C=O) groups is 3. The molecule has 2 saturated heterocycles. The molecule has 0 atom stereocenters. The van der Waals surface area contributed by atoms with Gasteiger partial charge in [-0.25, -0.2) is 9.78 Å². The average Bonchev–Trinajstić information content (AvgIpc) is 3.16. The first-order valence-electron chi connectivity index (χ1n) is 9.10. The van der Waals surface area contributed by atoms with Crippen LogP contribution < -0.4 is 0 Å². The molecule has 2 aliphatic rings. The van der Waals surface area contributed by atoms with Crippen LogP contribution in [0.15, 0.2) is 6.20 Å². The number of carboxylic acid groups (broad SMARTS) is 1. The third-order valence-electron chi connectivity index (χ3n) is 5.47. The molecule has 148 valence electrons. The van der Waals surface area contributed by atoms with Crippen molar-refractivity contribution in [1.82, 2.24) is 9.88 Å². The number of ether oxygens (including phenoxy) is 2. The van der Waals surface area contributed by atoms with Gasteiger partial charge < -0.3 is 19.5 Å². The molecule has 0 saturated carbocycles. The van der Waals surface area contributed by atoms with Gasteiger partial charge in [-0.15, -0.1) is 11.3 Å². The first-order chi connectivity index (χ1) is 13.0. The number of carboxylic acids is 1. The Morgan fingerprint density at radius 3 is 2.59 bits per heavy atom. The SMILES string of the molecule is COC(=O)c1cnc(CC2CCN(C(=O)C3(C(=O)O)CCOCC3)CC2)s1. The lowest BCUT2D eigenvalue weighted by molar-refractivity contribution is -0.168. The maximum Gasteiger partial charge on any atom is 0.349 e. The van der Waals surface area contributed by atoms with Gasteiger partial charge in [0, 0.05) is 32.7 Å². The van der Waals surface area contributed by atoms with Crippen LogP contribution in [-0.4, -0.2) is 66.2 Å². The van der Waals surface area contributed by atoms with Crippen LogP contribution in [0.2, 0.25) is 0 Å². The fraction of sp³-hybridized carbons (Fsp3) is 0.667. The second-order valence-electron chi connectivity index (χ2n) is 7.05. The van der Waals surface area contributed by atoms with Crippen LogP contribution in [0.1, 0.15) is 40.4 Å². The van der Waals surface area contributed by atoms with Gasteiger partial charge in [0.05, 0.1) is 18.3 Å². The lowest BCUT2D eigenvalue weighted by Gasteiger charge is -2.39. The summed E-state index contributed by atoms with van der Waals surface area (Å²) in [5, 5.41) is 10.5. The summed E-state index contributed by atoms with van der Waals surface area (Å²) in [6.45, 7) is 1.71. The zero-order valence-corrected chi connectivity index (χ0v) is 16.1. The van der Waals surface area contributed by atoms with E-state index in [0.717, 1.165) is 24.3 Å². The van der Waals surface area contributed by atoms with E-state index in [0.29, 0.717) is 37.1 Å². The van der Waals surface area contributed by atoms with Gasteiger partial charge in [-0.3, -0.25) is 9.59 Å². The monoisotopic (exact) mass is 396 g/mol. The number of rotatable bonds is 5. The van der Waals surface area contributed by atoms with Crippen molar-refractivity contribution in [2.75, 3.05) is 33.4 Å². The number of hydrogen-bond donors (Lipinski definition) is 1. The number of esters is 1. The highest BCUT2D eigenvalue weighted by molar-refractivity contribution is 7.13. The Balaban J connectivity index is 1.56. The summed E-state index contributed by atoms with van der Waals surface area (Å²) in [6, 6.07) is 0. The molecule has 8 nitrogen and oxygen atoms in total.